The molecule has 1 aliphatic rings. The van der Waals surface area contributed by atoms with Crippen molar-refractivity contribution in [2.45, 2.75) is 27.3 Å². The SMILES string of the molecule is C=C(C#N)/N=C(\C=C/N)N(CC(C)(C)C)NC(=O)c1ccc(CN2CCN(C)CC2)cc1. The van der Waals surface area contributed by atoms with Gasteiger partial charge in [0.05, 0.1) is 0 Å². The molecule has 0 aromatic heterocycles. The number of carbonyl (C=O) groups is 1. The number of carbonyl (C=O) groups excluding carboxylic acids is 1. The second-order valence-corrected chi connectivity index (χ2v) is 9.25. The third-order valence-electron chi connectivity index (χ3n) is 4.99. The minimum Gasteiger partial charge on any atom is -0.404 e. The minimum atomic E-state index is -0.263. The monoisotopic (exact) mass is 437 g/mol. The van der Waals surface area contributed by atoms with Crippen LogP contribution in [0.4, 0.5) is 0 Å². The van der Waals surface area contributed by atoms with Gasteiger partial charge in [0.15, 0.2) is 0 Å². The number of rotatable bonds is 6. The number of amides is 1. The van der Waals surface area contributed by atoms with Crippen molar-refractivity contribution < 1.29 is 4.79 Å². The lowest BCUT2D eigenvalue weighted by molar-refractivity contribution is 0.0843. The zero-order chi connectivity index (χ0) is 23.7. The molecule has 172 valence electrons. The molecular weight excluding hydrogens is 402 g/mol. The van der Waals surface area contributed by atoms with E-state index in [2.05, 4.69) is 33.8 Å². The fourth-order valence-corrected chi connectivity index (χ4v) is 3.30. The van der Waals surface area contributed by atoms with E-state index >= 15 is 0 Å². The summed E-state index contributed by atoms with van der Waals surface area (Å²) in [5, 5.41) is 10.7. The maximum Gasteiger partial charge on any atom is 0.269 e. The maximum atomic E-state index is 13.0. The van der Waals surface area contributed by atoms with E-state index in [1.54, 1.807) is 5.01 Å². The number of aliphatic imine (C=N–C) groups is 1. The molecule has 1 amide bonds. The number of nitrogens with zero attached hydrogens (tertiary/aromatic N) is 5. The van der Waals surface area contributed by atoms with Gasteiger partial charge in [0.1, 0.15) is 17.6 Å². The lowest BCUT2D eigenvalue weighted by atomic mass is 9.96. The Kier molecular flexibility index (Phi) is 9.00. The number of hydrogen-bond acceptors (Lipinski definition) is 6. The summed E-state index contributed by atoms with van der Waals surface area (Å²) in [6.45, 7) is 15.3. The Morgan fingerprint density at radius 2 is 1.91 bits per heavy atom. The van der Waals surface area contributed by atoms with Crippen LogP contribution in [0, 0.1) is 16.7 Å². The second kappa shape index (κ2) is 11.5. The molecule has 1 saturated heterocycles. The summed E-state index contributed by atoms with van der Waals surface area (Å²) >= 11 is 0. The lowest BCUT2D eigenvalue weighted by Crippen LogP contribution is -2.49. The topological polar surface area (TPSA) is 101 Å². The van der Waals surface area contributed by atoms with Gasteiger partial charge in [-0.1, -0.05) is 39.5 Å². The second-order valence-electron chi connectivity index (χ2n) is 9.25. The summed E-state index contributed by atoms with van der Waals surface area (Å²) in [6.07, 6.45) is 2.85. The summed E-state index contributed by atoms with van der Waals surface area (Å²) in [5.41, 5.74) is 10.1. The average molecular weight is 438 g/mol. The van der Waals surface area contributed by atoms with Gasteiger partial charge in [-0.3, -0.25) is 20.1 Å². The number of allylic oxidation sites excluding steroid dienone is 1. The predicted octanol–water partition coefficient (Wildman–Crippen LogP) is 2.34. The van der Waals surface area contributed by atoms with Gasteiger partial charge in [-0.25, -0.2) is 4.99 Å². The molecule has 1 fully saturated rings. The van der Waals surface area contributed by atoms with E-state index in [0.717, 1.165) is 32.7 Å². The van der Waals surface area contributed by atoms with Crippen LogP contribution in [0.2, 0.25) is 0 Å². The number of benzene rings is 1. The van der Waals surface area contributed by atoms with Gasteiger partial charge in [-0.2, -0.15) is 5.26 Å². The lowest BCUT2D eigenvalue weighted by Gasteiger charge is -2.32. The van der Waals surface area contributed by atoms with Gasteiger partial charge in [-0.15, -0.1) is 0 Å². The largest absolute Gasteiger partial charge is 0.404 e. The molecule has 1 aromatic carbocycles. The van der Waals surface area contributed by atoms with Crippen molar-refractivity contribution in [1.82, 2.24) is 20.2 Å². The molecule has 1 heterocycles. The van der Waals surface area contributed by atoms with Crippen LogP contribution in [-0.4, -0.2) is 66.3 Å². The van der Waals surface area contributed by atoms with Crippen LogP contribution in [0.25, 0.3) is 0 Å². The molecule has 8 nitrogen and oxygen atoms in total. The Morgan fingerprint density at radius 1 is 1.28 bits per heavy atom. The molecule has 8 heteroatoms. The molecule has 0 radical (unpaired) electrons. The fraction of sp³-hybridized carbons (Fsp3) is 0.458. The summed E-state index contributed by atoms with van der Waals surface area (Å²) in [6, 6.07) is 9.55. The van der Waals surface area contributed by atoms with E-state index in [9.17, 15) is 4.79 Å². The number of nitriles is 1. The zero-order valence-electron chi connectivity index (χ0n) is 19.6. The van der Waals surface area contributed by atoms with Gasteiger partial charge in [0.25, 0.3) is 5.91 Å². The van der Waals surface area contributed by atoms with Crippen molar-refractivity contribution >= 4 is 11.7 Å². The maximum absolute atomic E-state index is 13.0. The predicted molar refractivity (Wildman–Crippen MR) is 128 cm³/mol. The van der Waals surface area contributed by atoms with E-state index in [-0.39, 0.29) is 17.0 Å². The first-order valence-corrected chi connectivity index (χ1v) is 10.8. The summed E-state index contributed by atoms with van der Waals surface area (Å²) in [7, 11) is 2.14. The molecule has 32 heavy (non-hydrogen) atoms. The summed E-state index contributed by atoms with van der Waals surface area (Å²) < 4.78 is 0. The van der Waals surface area contributed by atoms with Gasteiger partial charge >= 0.3 is 0 Å². The van der Waals surface area contributed by atoms with Crippen molar-refractivity contribution in [3.8, 4) is 6.07 Å². The van der Waals surface area contributed by atoms with Crippen LogP contribution in [0.1, 0.15) is 36.7 Å². The van der Waals surface area contributed by atoms with Crippen LogP contribution in [0.5, 0.6) is 0 Å². The molecule has 0 saturated carbocycles. The quantitative estimate of drug-likeness (QED) is 0.307. The summed E-state index contributed by atoms with van der Waals surface area (Å²) in [4.78, 5) is 21.9. The van der Waals surface area contributed by atoms with Crippen molar-refractivity contribution in [1.29, 1.82) is 5.26 Å². The molecule has 0 atom stereocenters. The Hall–Kier alpha value is -3.15. The fourth-order valence-electron chi connectivity index (χ4n) is 3.30. The van der Waals surface area contributed by atoms with Crippen molar-refractivity contribution in [2.24, 2.45) is 16.1 Å². The highest BCUT2D eigenvalue weighted by atomic mass is 16.2. The van der Waals surface area contributed by atoms with Crippen molar-refractivity contribution in [3.05, 3.63) is 59.9 Å². The number of amidine groups is 1. The number of hydrazine groups is 1. The smallest absolute Gasteiger partial charge is 0.269 e. The van der Waals surface area contributed by atoms with Crippen LogP contribution in [-0.2, 0) is 6.54 Å². The van der Waals surface area contributed by atoms with E-state index in [1.165, 1.54) is 17.8 Å². The number of likely N-dealkylation sites (N-methyl/N-ethyl adjacent to an activating group) is 1. The number of nitrogens with two attached hydrogens (primary N) is 1. The van der Waals surface area contributed by atoms with Crippen LogP contribution in [0.3, 0.4) is 0 Å². The average Bonchev–Trinajstić information content (AvgIpc) is 2.74. The number of hydrogen-bond donors (Lipinski definition) is 2. The third kappa shape index (κ3) is 8.17. The van der Waals surface area contributed by atoms with E-state index in [0.29, 0.717) is 17.9 Å². The Bertz CT molecular complexity index is 882. The normalized spacial score (nSPS) is 16.0. The minimum absolute atomic E-state index is 0.0273. The molecule has 0 bridgehead atoms. The Morgan fingerprint density at radius 3 is 2.44 bits per heavy atom. The number of nitrogens with one attached hydrogen (secondary N) is 1. The van der Waals surface area contributed by atoms with E-state index in [4.69, 9.17) is 11.0 Å². The highest BCUT2D eigenvalue weighted by Crippen LogP contribution is 2.16. The van der Waals surface area contributed by atoms with Crippen molar-refractivity contribution in [3.63, 3.8) is 0 Å². The molecular formula is C24H35N7O. The standard InChI is InChI=1S/C24H35N7O/c1-19(16-26)27-22(10-11-25)31(18-24(2,3)4)28-23(32)21-8-6-20(7-9-21)17-30-14-12-29(5)13-15-30/h6-11H,1,12-15,17-18,25H2,2-5H3,(H,28,32)/b11-10-,27-22+. The summed E-state index contributed by atoms with van der Waals surface area (Å²) in [5.74, 6) is 0.0788. The van der Waals surface area contributed by atoms with Gasteiger partial charge < -0.3 is 10.6 Å². The molecule has 2 rings (SSSR count). The van der Waals surface area contributed by atoms with Crippen LogP contribution in [0.15, 0.2) is 53.8 Å². The van der Waals surface area contributed by atoms with E-state index in [1.807, 2.05) is 51.1 Å². The van der Waals surface area contributed by atoms with Gasteiger partial charge in [-0.05, 0) is 42.4 Å². The van der Waals surface area contributed by atoms with Gasteiger partial charge in [0, 0.05) is 44.8 Å². The molecule has 1 aliphatic heterocycles. The van der Waals surface area contributed by atoms with E-state index < -0.39 is 0 Å². The Balaban J connectivity index is 2.13. The molecule has 0 unspecified atom stereocenters. The van der Waals surface area contributed by atoms with Crippen molar-refractivity contribution in [2.75, 3.05) is 39.8 Å². The molecule has 3 N–H and O–H groups in total. The third-order valence-corrected chi connectivity index (χ3v) is 4.99. The Labute approximate surface area is 191 Å². The first-order chi connectivity index (χ1) is 15.1. The first kappa shape index (κ1) is 25.1. The zero-order valence-corrected chi connectivity index (χ0v) is 19.6. The van der Waals surface area contributed by atoms with Crippen LogP contribution < -0.4 is 11.2 Å². The molecule has 0 aliphatic carbocycles. The highest BCUT2D eigenvalue weighted by molar-refractivity contribution is 5.99. The highest BCUT2D eigenvalue weighted by Gasteiger charge is 2.21. The van der Waals surface area contributed by atoms with Gasteiger partial charge in [0.2, 0.25) is 0 Å². The number of piperazine rings is 1. The van der Waals surface area contributed by atoms with Crippen LogP contribution >= 0.6 is 0 Å². The molecule has 0 spiro atoms. The first-order valence-electron chi connectivity index (χ1n) is 10.8. The molecule has 1 aromatic rings.